The van der Waals surface area contributed by atoms with Gasteiger partial charge in [0, 0.05) is 16.3 Å². The van der Waals surface area contributed by atoms with Gasteiger partial charge in [0.05, 0.1) is 6.42 Å². The van der Waals surface area contributed by atoms with E-state index < -0.39 is 5.54 Å². The minimum atomic E-state index is -0.697. The lowest BCUT2D eigenvalue weighted by atomic mass is 9.80. The van der Waals surface area contributed by atoms with E-state index in [0.717, 1.165) is 37.0 Å². The first-order valence-corrected chi connectivity index (χ1v) is 8.52. The molecule has 4 nitrogen and oxygen atoms in total. The summed E-state index contributed by atoms with van der Waals surface area (Å²) >= 11 is 1.63. The Morgan fingerprint density at radius 3 is 2.52 bits per heavy atom. The van der Waals surface area contributed by atoms with Crippen LogP contribution < -0.4 is 10.6 Å². The molecule has 1 aromatic rings. The number of thiophene rings is 1. The highest BCUT2D eigenvalue weighted by molar-refractivity contribution is 7.12. The number of carbonyl (C=O) groups excluding carboxylic acids is 2. The van der Waals surface area contributed by atoms with Gasteiger partial charge in [-0.15, -0.1) is 11.3 Å². The largest absolute Gasteiger partial charge is 0.354 e. The highest BCUT2D eigenvalue weighted by Crippen LogP contribution is 2.29. The smallest absolute Gasteiger partial charge is 0.245 e. The summed E-state index contributed by atoms with van der Waals surface area (Å²) in [4.78, 5) is 27.0. The molecule has 2 N–H and O–H groups in total. The van der Waals surface area contributed by atoms with E-state index in [1.165, 1.54) is 4.88 Å². The molecule has 116 valence electrons. The zero-order valence-corrected chi connectivity index (χ0v) is 13.6. The second-order valence-corrected chi connectivity index (χ2v) is 7.11. The Bertz CT molecular complexity index is 504. The zero-order valence-electron chi connectivity index (χ0n) is 12.8. The summed E-state index contributed by atoms with van der Waals surface area (Å²) in [7, 11) is 0. The fourth-order valence-corrected chi connectivity index (χ4v) is 3.83. The topological polar surface area (TPSA) is 58.2 Å². The lowest BCUT2D eigenvalue weighted by Crippen LogP contribution is -2.60. The van der Waals surface area contributed by atoms with Crippen LogP contribution in [0.4, 0.5) is 0 Å². The number of aryl methyl sites for hydroxylation is 1. The number of rotatable bonds is 5. The Hall–Kier alpha value is -1.36. The lowest BCUT2D eigenvalue weighted by Gasteiger charge is -2.36. The standard InChI is InChI=1S/C16H24N2O2S/c1-3-17-15(20)16(9-5-4-6-10-16)18-14(19)11-13-8-7-12(2)21-13/h7-8H,3-6,9-11H2,1-2H3,(H,17,20)(H,18,19). The predicted octanol–water partition coefficient (Wildman–Crippen LogP) is 2.55. The van der Waals surface area contributed by atoms with E-state index in [4.69, 9.17) is 0 Å². The molecule has 0 unspecified atom stereocenters. The maximum absolute atomic E-state index is 12.4. The van der Waals surface area contributed by atoms with E-state index >= 15 is 0 Å². The fraction of sp³-hybridized carbons (Fsp3) is 0.625. The first-order chi connectivity index (χ1) is 10.1. The van der Waals surface area contributed by atoms with Gasteiger partial charge in [-0.2, -0.15) is 0 Å². The molecule has 0 aromatic carbocycles. The van der Waals surface area contributed by atoms with Crippen molar-refractivity contribution in [1.29, 1.82) is 0 Å². The van der Waals surface area contributed by atoms with Gasteiger partial charge in [-0.1, -0.05) is 19.3 Å². The molecule has 0 bridgehead atoms. The van der Waals surface area contributed by atoms with Crippen molar-refractivity contribution in [3.05, 3.63) is 21.9 Å². The van der Waals surface area contributed by atoms with Gasteiger partial charge in [0.15, 0.2) is 0 Å². The van der Waals surface area contributed by atoms with Crippen molar-refractivity contribution in [2.24, 2.45) is 0 Å². The summed E-state index contributed by atoms with van der Waals surface area (Å²) in [5.74, 6) is -0.0783. The van der Waals surface area contributed by atoms with Gasteiger partial charge in [-0.05, 0) is 38.8 Å². The third-order valence-corrected chi connectivity index (χ3v) is 4.99. The molecule has 2 rings (SSSR count). The number of carbonyl (C=O) groups is 2. The van der Waals surface area contributed by atoms with E-state index in [1.807, 2.05) is 26.0 Å². The summed E-state index contributed by atoms with van der Waals surface area (Å²) in [6.07, 6.45) is 4.98. The molecule has 1 fully saturated rings. The molecule has 1 aliphatic carbocycles. The normalized spacial score (nSPS) is 17.2. The highest BCUT2D eigenvalue weighted by Gasteiger charge is 2.40. The molecule has 0 atom stereocenters. The molecule has 2 amide bonds. The number of amides is 2. The summed E-state index contributed by atoms with van der Waals surface area (Å²) < 4.78 is 0. The molecule has 1 heterocycles. The van der Waals surface area contributed by atoms with Crippen LogP contribution in [0.25, 0.3) is 0 Å². The van der Waals surface area contributed by atoms with Crippen molar-refractivity contribution < 1.29 is 9.59 Å². The average molecular weight is 308 g/mol. The Morgan fingerprint density at radius 2 is 1.95 bits per heavy atom. The van der Waals surface area contributed by atoms with Crippen LogP contribution in [0, 0.1) is 6.92 Å². The monoisotopic (exact) mass is 308 g/mol. The van der Waals surface area contributed by atoms with Gasteiger partial charge in [-0.25, -0.2) is 0 Å². The van der Waals surface area contributed by atoms with Crippen LogP contribution in [0.2, 0.25) is 0 Å². The molecular formula is C16H24N2O2S. The molecule has 0 spiro atoms. The zero-order chi connectivity index (χ0) is 15.3. The maximum Gasteiger partial charge on any atom is 0.245 e. The Labute approximate surface area is 130 Å². The molecule has 1 aliphatic rings. The van der Waals surface area contributed by atoms with Crippen molar-refractivity contribution in [3.8, 4) is 0 Å². The van der Waals surface area contributed by atoms with Crippen LogP contribution in [0.1, 0.15) is 48.8 Å². The Kier molecular flexibility index (Phi) is 5.39. The predicted molar refractivity (Wildman–Crippen MR) is 85.4 cm³/mol. The third kappa shape index (κ3) is 4.06. The van der Waals surface area contributed by atoms with Crippen molar-refractivity contribution in [2.75, 3.05) is 6.54 Å². The van der Waals surface area contributed by atoms with E-state index in [2.05, 4.69) is 10.6 Å². The molecule has 21 heavy (non-hydrogen) atoms. The molecule has 1 saturated carbocycles. The summed E-state index contributed by atoms with van der Waals surface area (Å²) in [5, 5.41) is 5.91. The van der Waals surface area contributed by atoms with Crippen LogP contribution in [-0.4, -0.2) is 23.9 Å². The lowest BCUT2D eigenvalue weighted by molar-refractivity contribution is -0.134. The molecule has 0 radical (unpaired) electrons. The molecule has 0 aliphatic heterocycles. The second kappa shape index (κ2) is 7.07. The van der Waals surface area contributed by atoms with Crippen molar-refractivity contribution in [3.63, 3.8) is 0 Å². The number of nitrogens with one attached hydrogen (secondary N) is 2. The first kappa shape index (κ1) is 16.0. The van der Waals surface area contributed by atoms with Crippen molar-refractivity contribution >= 4 is 23.2 Å². The molecule has 5 heteroatoms. The van der Waals surface area contributed by atoms with E-state index in [1.54, 1.807) is 11.3 Å². The minimum absolute atomic E-state index is 0.0274. The third-order valence-electron chi connectivity index (χ3n) is 3.99. The van der Waals surface area contributed by atoms with E-state index in [-0.39, 0.29) is 11.8 Å². The molecule has 1 aromatic heterocycles. The van der Waals surface area contributed by atoms with Crippen LogP contribution >= 0.6 is 11.3 Å². The average Bonchev–Trinajstić information content (AvgIpc) is 2.85. The maximum atomic E-state index is 12.4. The van der Waals surface area contributed by atoms with E-state index in [9.17, 15) is 9.59 Å². The van der Waals surface area contributed by atoms with Crippen LogP contribution in [0.3, 0.4) is 0 Å². The van der Waals surface area contributed by atoms with Crippen LogP contribution in [0.5, 0.6) is 0 Å². The van der Waals surface area contributed by atoms with Gasteiger partial charge in [-0.3, -0.25) is 9.59 Å². The van der Waals surface area contributed by atoms with Gasteiger partial charge < -0.3 is 10.6 Å². The first-order valence-electron chi connectivity index (χ1n) is 7.70. The van der Waals surface area contributed by atoms with E-state index in [0.29, 0.717) is 13.0 Å². The molecular weight excluding hydrogens is 284 g/mol. The Morgan fingerprint density at radius 1 is 1.24 bits per heavy atom. The summed E-state index contributed by atoms with van der Waals surface area (Å²) in [6.45, 7) is 4.54. The van der Waals surface area contributed by atoms with Crippen LogP contribution in [-0.2, 0) is 16.0 Å². The van der Waals surface area contributed by atoms with Crippen molar-refractivity contribution in [1.82, 2.24) is 10.6 Å². The second-order valence-electron chi connectivity index (χ2n) is 5.74. The van der Waals surface area contributed by atoms with Gasteiger partial charge >= 0.3 is 0 Å². The van der Waals surface area contributed by atoms with Gasteiger partial charge in [0.2, 0.25) is 11.8 Å². The molecule has 0 saturated heterocycles. The SMILES string of the molecule is CCNC(=O)C1(NC(=O)Cc2ccc(C)s2)CCCCC1. The quantitative estimate of drug-likeness (QED) is 0.878. The van der Waals surface area contributed by atoms with Crippen LogP contribution in [0.15, 0.2) is 12.1 Å². The fourth-order valence-electron chi connectivity index (χ4n) is 2.94. The summed E-state index contributed by atoms with van der Waals surface area (Å²) in [6, 6.07) is 4.01. The van der Waals surface area contributed by atoms with Crippen molar-refractivity contribution in [2.45, 2.75) is 57.9 Å². The highest BCUT2D eigenvalue weighted by atomic mass is 32.1. The Balaban J connectivity index is 2.03. The van der Waals surface area contributed by atoms with Gasteiger partial charge in [0.25, 0.3) is 0 Å². The number of hydrogen-bond donors (Lipinski definition) is 2. The minimum Gasteiger partial charge on any atom is -0.354 e. The summed E-state index contributed by atoms with van der Waals surface area (Å²) in [5.41, 5.74) is -0.697. The number of hydrogen-bond acceptors (Lipinski definition) is 3. The van der Waals surface area contributed by atoms with Gasteiger partial charge in [0.1, 0.15) is 5.54 Å². The number of likely N-dealkylation sites (N-methyl/N-ethyl adjacent to an activating group) is 1.